The van der Waals surface area contributed by atoms with Crippen molar-refractivity contribution in [2.45, 2.75) is 56.8 Å². The molecule has 0 saturated heterocycles. The first kappa shape index (κ1) is 19.5. The number of hydrogen-bond acceptors (Lipinski definition) is 3. The Morgan fingerprint density at radius 3 is 2.24 bits per heavy atom. The lowest BCUT2D eigenvalue weighted by Crippen LogP contribution is -1.98. The van der Waals surface area contributed by atoms with Gasteiger partial charge in [-0.15, -0.1) is 0 Å². The molecular formula is C20H26O4S. The van der Waals surface area contributed by atoms with Crippen LogP contribution in [0.25, 0.3) is 0 Å². The van der Waals surface area contributed by atoms with E-state index in [0.29, 0.717) is 11.5 Å². The molecule has 0 spiro atoms. The van der Waals surface area contributed by atoms with Crippen molar-refractivity contribution >= 4 is 10.1 Å². The monoisotopic (exact) mass is 362 g/mol. The SMILES string of the molecule is CCCCCCCCc1cccc(Oc2cccc(S(=O)(=O)O)c2)c1. The Bertz CT molecular complexity index is 769. The summed E-state index contributed by atoms with van der Waals surface area (Å²) in [5, 5.41) is 0. The van der Waals surface area contributed by atoms with Gasteiger partial charge in [0.15, 0.2) is 0 Å². The van der Waals surface area contributed by atoms with Gasteiger partial charge in [-0.1, -0.05) is 57.2 Å². The van der Waals surface area contributed by atoms with Crippen molar-refractivity contribution in [3.63, 3.8) is 0 Å². The zero-order valence-corrected chi connectivity index (χ0v) is 15.5. The molecule has 2 rings (SSSR count). The summed E-state index contributed by atoms with van der Waals surface area (Å²) in [6.07, 6.45) is 8.57. The van der Waals surface area contributed by atoms with Crippen LogP contribution in [0.5, 0.6) is 11.5 Å². The van der Waals surface area contributed by atoms with Gasteiger partial charge in [0.25, 0.3) is 10.1 Å². The molecule has 0 saturated carbocycles. The Kier molecular flexibility index (Phi) is 7.47. The van der Waals surface area contributed by atoms with Gasteiger partial charge in [0.05, 0.1) is 4.90 Å². The van der Waals surface area contributed by atoms with E-state index < -0.39 is 10.1 Å². The topological polar surface area (TPSA) is 63.6 Å². The van der Waals surface area contributed by atoms with E-state index in [4.69, 9.17) is 9.29 Å². The summed E-state index contributed by atoms with van der Waals surface area (Å²) >= 11 is 0. The second-order valence-corrected chi connectivity index (χ2v) is 7.64. The van der Waals surface area contributed by atoms with Crippen molar-refractivity contribution in [3.05, 3.63) is 54.1 Å². The highest BCUT2D eigenvalue weighted by atomic mass is 32.2. The van der Waals surface area contributed by atoms with Gasteiger partial charge in [-0.25, -0.2) is 0 Å². The number of benzene rings is 2. The Balaban J connectivity index is 1.93. The molecule has 0 atom stereocenters. The van der Waals surface area contributed by atoms with Crippen LogP contribution in [0.1, 0.15) is 51.0 Å². The summed E-state index contributed by atoms with van der Waals surface area (Å²) in [6, 6.07) is 13.7. The molecule has 5 heteroatoms. The zero-order chi connectivity index (χ0) is 18.1. The lowest BCUT2D eigenvalue weighted by molar-refractivity contribution is 0.471. The van der Waals surface area contributed by atoms with E-state index >= 15 is 0 Å². The van der Waals surface area contributed by atoms with Crippen molar-refractivity contribution in [1.82, 2.24) is 0 Å². The normalized spacial score (nSPS) is 11.4. The lowest BCUT2D eigenvalue weighted by atomic mass is 10.0. The molecule has 2 aromatic rings. The van der Waals surface area contributed by atoms with Crippen molar-refractivity contribution in [3.8, 4) is 11.5 Å². The molecule has 0 aliphatic carbocycles. The minimum absolute atomic E-state index is 0.173. The fraction of sp³-hybridized carbons (Fsp3) is 0.400. The third-order valence-corrected chi connectivity index (χ3v) is 4.91. The highest BCUT2D eigenvalue weighted by Crippen LogP contribution is 2.25. The molecule has 0 aliphatic heterocycles. The summed E-state index contributed by atoms with van der Waals surface area (Å²) < 4.78 is 37.3. The average Bonchev–Trinajstić information content (AvgIpc) is 2.58. The number of ether oxygens (including phenoxy) is 1. The van der Waals surface area contributed by atoms with Gasteiger partial charge in [0, 0.05) is 6.07 Å². The van der Waals surface area contributed by atoms with Crippen LogP contribution in [0.15, 0.2) is 53.4 Å². The maximum atomic E-state index is 11.2. The third-order valence-electron chi connectivity index (χ3n) is 4.06. The molecule has 0 amide bonds. The van der Waals surface area contributed by atoms with E-state index in [9.17, 15) is 8.42 Å². The highest BCUT2D eigenvalue weighted by Gasteiger charge is 2.10. The standard InChI is InChI=1S/C20H26O4S/c1-2-3-4-5-6-7-10-17-11-8-12-18(15-17)24-19-13-9-14-20(16-19)25(21,22)23/h8-9,11-16H,2-7,10H2,1H3,(H,21,22,23). The first-order chi connectivity index (χ1) is 12.0. The highest BCUT2D eigenvalue weighted by molar-refractivity contribution is 7.85. The van der Waals surface area contributed by atoms with Crippen molar-refractivity contribution in [1.29, 1.82) is 0 Å². The molecule has 1 N–H and O–H groups in total. The number of unbranched alkanes of at least 4 members (excludes halogenated alkanes) is 5. The maximum absolute atomic E-state index is 11.2. The van der Waals surface area contributed by atoms with Crippen LogP contribution < -0.4 is 4.74 Å². The van der Waals surface area contributed by atoms with Gasteiger partial charge in [0.1, 0.15) is 11.5 Å². The molecule has 4 nitrogen and oxygen atoms in total. The lowest BCUT2D eigenvalue weighted by Gasteiger charge is -2.09. The van der Waals surface area contributed by atoms with Gasteiger partial charge in [-0.2, -0.15) is 8.42 Å². The Labute approximate surface area is 150 Å². The van der Waals surface area contributed by atoms with E-state index in [1.54, 1.807) is 12.1 Å². The summed E-state index contributed by atoms with van der Waals surface area (Å²) in [7, 11) is -4.23. The van der Waals surface area contributed by atoms with Crippen LogP contribution in [0, 0.1) is 0 Å². The fourth-order valence-electron chi connectivity index (χ4n) is 2.71. The zero-order valence-electron chi connectivity index (χ0n) is 14.6. The Morgan fingerprint density at radius 1 is 0.880 bits per heavy atom. The van der Waals surface area contributed by atoms with Crippen molar-refractivity contribution in [2.24, 2.45) is 0 Å². The van der Waals surface area contributed by atoms with E-state index in [-0.39, 0.29) is 4.90 Å². The van der Waals surface area contributed by atoms with Gasteiger partial charge in [-0.05, 0) is 42.7 Å². The van der Waals surface area contributed by atoms with Crippen LogP contribution in [0.3, 0.4) is 0 Å². The molecule has 0 unspecified atom stereocenters. The van der Waals surface area contributed by atoms with Gasteiger partial charge in [-0.3, -0.25) is 4.55 Å². The summed E-state index contributed by atoms with van der Waals surface area (Å²) in [5.41, 5.74) is 1.21. The molecule has 0 bridgehead atoms. The number of aryl methyl sites for hydroxylation is 1. The predicted octanol–water partition coefficient (Wildman–Crippen LogP) is 5.63. The van der Waals surface area contributed by atoms with Gasteiger partial charge >= 0.3 is 0 Å². The molecule has 0 fully saturated rings. The first-order valence-electron chi connectivity index (χ1n) is 8.83. The molecule has 0 aromatic heterocycles. The fourth-order valence-corrected chi connectivity index (χ4v) is 3.22. The molecule has 0 heterocycles. The van der Waals surface area contributed by atoms with E-state index in [1.807, 2.05) is 18.2 Å². The van der Waals surface area contributed by atoms with Crippen LogP contribution >= 0.6 is 0 Å². The number of hydrogen-bond donors (Lipinski definition) is 1. The minimum atomic E-state index is -4.23. The molecular weight excluding hydrogens is 336 g/mol. The van der Waals surface area contributed by atoms with Crippen molar-refractivity contribution < 1.29 is 17.7 Å². The molecule has 136 valence electrons. The second kappa shape index (κ2) is 9.59. The average molecular weight is 362 g/mol. The second-order valence-electron chi connectivity index (χ2n) is 6.22. The Morgan fingerprint density at radius 2 is 1.52 bits per heavy atom. The summed E-state index contributed by atoms with van der Waals surface area (Å²) in [5.74, 6) is 1.04. The van der Waals surface area contributed by atoms with Gasteiger partial charge in [0.2, 0.25) is 0 Å². The summed E-state index contributed by atoms with van der Waals surface area (Å²) in [4.78, 5) is -0.173. The first-order valence-corrected chi connectivity index (χ1v) is 10.3. The quantitative estimate of drug-likeness (QED) is 0.439. The van der Waals surface area contributed by atoms with Crippen LogP contribution in [0.4, 0.5) is 0 Å². The predicted molar refractivity (Wildman–Crippen MR) is 99.9 cm³/mol. The van der Waals surface area contributed by atoms with Crippen LogP contribution in [-0.2, 0) is 16.5 Å². The smallest absolute Gasteiger partial charge is 0.294 e. The van der Waals surface area contributed by atoms with Crippen LogP contribution in [0.2, 0.25) is 0 Å². The Hall–Kier alpha value is -1.85. The molecule has 0 radical (unpaired) electrons. The largest absolute Gasteiger partial charge is 0.457 e. The van der Waals surface area contributed by atoms with E-state index in [1.165, 1.54) is 49.8 Å². The number of rotatable bonds is 10. The van der Waals surface area contributed by atoms with Gasteiger partial charge < -0.3 is 4.74 Å². The van der Waals surface area contributed by atoms with Crippen molar-refractivity contribution in [2.75, 3.05) is 0 Å². The molecule has 2 aromatic carbocycles. The van der Waals surface area contributed by atoms with E-state index in [2.05, 4.69) is 13.0 Å². The third kappa shape index (κ3) is 6.88. The summed E-state index contributed by atoms with van der Waals surface area (Å²) in [6.45, 7) is 2.22. The molecule has 25 heavy (non-hydrogen) atoms. The molecule has 0 aliphatic rings. The van der Waals surface area contributed by atoms with Crippen LogP contribution in [-0.4, -0.2) is 13.0 Å². The van der Waals surface area contributed by atoms with E-state index in [0.717, 1.165) is 12.8 Å². The minimum Gasteiger partial charge on any atom is -0.457 e. The maximum Gasteiger partial charge on any atom is 0.294 e.